The minimum absolute atomic E-state index is 0. The molecule has 0 fully saturated rings. The monoisotopic (exact) mass is 249 g/mol. The number of likely N-dealkylation sites (N-methyl/N-ethyl adjacent to an activating group) is 1. The van der Waals surface area contributed by atoms with Crippen molar-refractivity contribution >= 4 is 0 Å². The number of nitrogens with zero attached hydrogens (tertiary/aromatic N) is 1. The number of aliphatic hydroxyl groups is 1. The van der Waals surface area contributed by atoms with E-state index in [1.54, 1.807) is 0 Å². The second-order valence-corrected chi connectivity index (χ2v) is 6.19. The first-order valence-electron chi connectivity index (χ1n) is 5.79. The van der Waals surface area contributed by atoms with Gasteiger partial charge in [-0.05, 0) is 46.1 Å². The van der Waals surface area contributed by atoms with Crippen LogP contribution >= 0.6 is 0 Å². The van der Waals surface area contributed by atoms with Crippen LogP contribution in [0.3, 0.4) is 0 Å². The molecule has 3 heteroatoms. The molecule has 0 rings (SSSR count). The van der Waals surface area contributed by atoms with Crippen LogP contribution in [0.1, 0.15) is 40.0 Å². The molecule has 0 spiro atoms. The first kappa shape index (κ1) is 18.3. The highest BCUT2D eigenvalue weighted by molar-refractivity contribution is 4.98. The van der Waals surface area contributed by atoms with E-state index in [2.05, 4.69) is 34.1 Å². The lowest BCUT2D eigenvalue weighted by Crippen LogP contribution is -3.00. The minimum atomic E-state index is -0.514. The van der Waals surface area contributed by atoms with Crippen LogP contribution in [0.25, 0.3) is 0 Å². The molecule has 0 radical (unpaired) electrons. The summed E-state index contributed by atoms with van der Waals surface area (Å²) in [6.45, 7) is 7.00. The van der Waals surface area contributed by atoms with Gasteiger partial charge in [0.05, 0.1) is 33.3 Å². The summed E-state index contributed by atoms with van der Waals surface area (Å²) in [4.78, 5) is 0. The van der Waals surface area contributed by atoms with Gasteiger partial charge in [0.25, 0.3) is 0 Å². The molecular weight excluding hydrogens is 222 g/mol. The normalized spacial score (nSPS) is 13.6. The fourth-order valence-electron chi connectivity index (χ4n) is 1.33. The lowest BCUT2D eigenvalue weighted by atomic mass is 9.99. The smallest absolute Gasteiger partial charge is 0.0970 e. The molecule has 0 aliphatic carbocycles. The molecule has 0 aromatic rings. The van der Waals surface area contributed by atoms with Crippen molar-refractivity contribution < 1.29 is 22.0 Å². The molecule has 1 N–H and O–H groups in total. The third kappa shape index (κ3) is 13.9. The number of hydrogen-bond donors (Lipinski definition) is 1. The summed E-state index contributed by atoms with van der Waals surface area (Å²) >= 11 is 0. The van der Waals surface area contributed by atoms with E-state index in [1.807, 2.05) is 13.8 Å². The third-order valence-corrected chi connectivity index (χ3v) is 2.35. The molecular formula is C13H28ClNO. The lowest BCUT2D eigenvalue weighted by Gasteiger charge is -2.22. The molecule has 0 aromatic carbocycles. The van der Waals surface area contributed by atoms with E-state index in [1.165, 1.54) is 5.57 Å². The van der Waals surface area contributed by atoms with E-state index < -0.39 is 5.60 Å². The van der Waals surface area contributed by atoms with Crippen LogP contribution in [0, 0.1) is 0 Å². The van der Waals surface area contributed by atoms with E-state index >= 15 is 0 Å². The van der Waals surface area contributed by atoms with Gasteiger partial charge in [0.1, 0.15) is 0 Å². The van der Waals surface area contributed by atoms with Gasteiger partial charge in [0.15, 0.2) is 0 Å². The van der Waals surface area contributed by atoms with Gasteiger partial charge in [-0.3, -0.25) is 0 Å². The van der Waals surface area contributed by atoms with Crippen LogP contribution in [0.4, 0.5) is 0 Å². The van der Waals surface area contributed by atoms with Crippen LogP contribution in [0.15, 0.2) is 11.6 Å². The summed E-state index contributed by atoms with van der Waals surface area (Å²) in [5.41, 5.74) is 0.924. The quantitative estimate of drug-likeness (QED) is 0.501. The van der Waals surface area contributed by atoms with Crippen molar-refractivity contribution in [1.29, 1.82) is 0 Å². The Labute approximate surface area is 107 Å². The highest BCUT2D eigenvalue weighted by Gasteiger charge is 2.11. The maximum absolute atomic E-state index is 9.57. The first-order chi connectivity index (χ1) is 6.60. The average molecular weight is 250 g/mol. The van der Waals surface area contributed by atoms with Crippen LogP contribution < -0.4 is 12.4 Å². The molecule has 0 aliphatic rings. The second-order valence-electron chi connectivity index (χ2n) is 6.19. The van der Waals surface area contributed by atoms with E-state index in [0.29, 0.717) is 0 Å². The number of rotatable bonds is 6. The molecule has 0 saturated carbocycles. The zero-order valence-electron chi connectivity index (χ0n) is 11.7. The molecule has 0 heterocycles. The van der Waals surface area contributed by atoms with Gasteiger partial charge >= 0.3 is 0 Å². The topological polar surface area (TPSA) is 20.2 Å². The van der Waals surface area contributed by atoms with Crippen molar-refractivity contribution in [3.05, 3.63) is 11.6 Å². The number of quaternary nitrogens is 1. The maximum atomic E-state index is 9.57. The zero-order chi connectivity index (χ0) is 12.1. The Balaban J connectivity index is 0. The van der Waals surface area contributed by atoms with Gasteiger partial charge in [-0.25, -0.2) is 0 Å². The lowest BCUT2D eigenvalue weighted by molar-refractivity contribution is -0.864. The number of allylic oxidation sites excluding steroid dienone is 1. The molecule has 0 aliphatic heterocycles. The highest BCUT2D eigenvalue weighted by Crippen LogP contribution is 2.15. The summed E-state index contributed by atoms with van der Waals surface area (Å²) in [6.07, 6.45) is 5.36. The SMILES string of the molecule is C/C(=C\C[N+](C)(C)C)CCCC(C)(C)O.[Cl-]. The zero-order valence-corrected chi connectivity index (χ0v) is 12.4. The Morgan fingerprint density at radius 3 is 2.12 bits per heavy atom. The number of hydrogen-bond acceptors (Lipinski definition) is 1. The van der Waals surface area contributed by atoms with Crippen molar-refractivity contribution in [3.8, 4) is 0 Å². The molecule has 0 aromatic heterocycles. The van der Waals surface area contributed by atoms with Crippen LogP contribution in [0.2, 0.25) is 0 Å². The Bertz CT molecular complexity index is 211. The van der Waals surface area contributed by atoms with E-state index in [0.717, 1.165) is 30.3 Å². The Morgan fingerprint density at radius 1 is 1.25 bits per heavy atom. The number of halogens is 1. The minimum Gasteiger partial charge on any atom is -1.00 e. The van der Waals surface area contributed by atoms with Gasteiger partial charge in [0.2, 0.25) is 0 Å². The van der Waals surface area contributed by atoms with Crippen molar-refractivity contribution in [2.75, 3.05) is 27.7 Å². The first-order valence-corrected chi connectivity index (χ1v) is 5.79. The van der Waals surface area contributed by atoms with Crippen molar-refractivity contribution in [2.24, 2.45) is 0 Å². The highest BCUT2D eigenvalue weighted by atomic mass is 35.5. The molecule has 98 valence electrons. The van der Waals surface area contributed by atoms with Gasteiger partial charge in [-0.2, -0.15) is 0 Å². The van der Waals surface area contributed by atoms with Crippen LogP contribution in [-0.2, 0) is 0 Å². The largest absolute Gasteiger partial charge is 1.00 e. The molecule has 0 atom stereocenters. The molecule has 0 saturated heterocycles. The van der Waals surface area contributed by atoms with Gasteiger partial charge in [-0.15, -0.1) is 0 Å². The fraction of sp³-hybridized carbons (Fsp3) is 0.846. The predicted octanol–water partition coefficient (Wildman–Crippen LogP) is -0.416. The molecule has 2 nitrogen and oxygen atoms in total. The second kappa shape index (κ2) is 7.31. The molecule has 0 bridgehead atoms. The fourth-order valence-corrected chi connectivity index (χ4v) is 1.33. The summed E-state index contributed by atoms with van der Waals surface area (Å²) < 4.78 is 0.975. The molecule has 0 unspecified atom stereocenters. The maximum Gasteiger partial charge on any atom is 0.0970 e. The summed E-state index contributed by atoms with van der Waals surface area (Å²) in [5, 5.41) is 9.57. The molecule has 16 heavy (non-hydrogen) atoms. The van der Waals surface area contributed by atoms with Gasteiger partial charge in [-0.1, -0.05) is 5.57 Å². The predicted molar refractivity (Wildman–Crippen MR) is 66.8 cm³/mol. The van der Waals surface area contributed by atoms with E-state index in [4.69, 9.17) is 0 Å². The van der Waals surface area contributed by atoms with Gasteiger partial charge < -0.3 is 22.0 Å². The summed E-state index contributed by atoms with van der Waals surface area (Å²) in [6, 6.07) is 0. The third-order valence-electron chi connectivity index (χ3n) is 2.35. The van der Waals surface area contributed by atoms with Gasteiger partial charge in [0, 0.05) is 0 Å². The van der Waals surface area contributed by atoms with Crippen molar-refractivity contribution in [3.63, 3.8) is 0 Å². The Morgan fingerprint density at radius 2 is 1.75 bits per heavy atom. The van der Waals surface area contributed by atoms with E-state index in [-0.39, 0.29) is 12.4 Å². The van der Waals surface area contributed by atoms with Crippen LogP contribution in [-0.4, -0.2) is 42.9 Å². The van der Waals surface area contributed by atoms with E-state index in [9.17, 15) is 5.11 Å². The van der Waals surface area contributed by atoms with Crippen molar-refractivity contribution in [2.45, 2.75) is 45.6 Å². The van der Waals surface area contributed by atoms with Crippen LogP contribution in [0.5, 0.6) is 0 Å². The standard InChI is InChI=1S/C13H28NO.ClH/c1-12(9-11-14(4,5)6)8-7-10-13(2,3)15;/h9,15H,7-8,10-11H2,1-6H3;1H/q+1;/p-1/b12-9+;. The Hall–Kier alpha value is -0.0500. The Kier molecular flexibility index (Phi) is 8.37. The average Bonchev–Trinajstić information content (AvgIpc) is 1.97. The summed E-state index contributed by atoms with van der Waals surface area (Å²) in [7, 11) is 6.59. The summed E-state index contributed by atoms with van der Waals surface area (Å²) in [5.74, 6) is 0. The molecule has 0 amide bonds. The van der Waals surface area contributed by atoms with Crippen molar-refractivity contribution in [1.82, 2.24) is 0 Å².